The first-order valence-electron chi connectivity index (χ1n) is 24.0. The van der Waals surface area contributed by atoms with E-state index in [9.17, 15) is 14.7 Å². The summed E-state index contributed by atoms with van der Waals surface area (Å²) in [4.78, 5) is 27.2. The average Bonchev–Trinajstić information content (AvgIpc) is 3.20. The van der Waals surface area contributed by atoms with Gasteiger partial charge in [-0.3, -0.25) is 9.59 Å². The minimum atomic E-state index is -0.376. The van der Waals surface area contributed by atoms with Crippen molar-refractivity contribution < 1.29 is 14.7 Å². The Morgan fingerprint density at radius 1 is 0.695 bits per heavy atom. The molecule has 2 amide bonds. The number of carbonyl (C=O) groups is 2. The fourth-order valence-electron chi connectivity index (χ4n) is 13.4. The number of nitrogens with one attached hydrogen (secondary N) is 2. The molecule has 0 bridgehead atoms. The molecule has 5 nitrogen and oxygen atoms in total. The van der Waals surface area contributed by atoms with Crippen molar-refractivity contribution in [2.75, 3.05) is 13.1 Å². The topological polar surface area (TPSA) is 78.4 Å². The standard InChI is InChI=1S/C54H84N2O3/c1-9-10-11-12-13-14-15-16-17-18-19-20-21-22-23-24-25-26-27-28-47(58)55-39-40-56-49(59)54-36-31-41(2)42(3)48(54)43-29-30-45-51(6)34-33-46(57)50(4,5)44(51)32-35-53(45,8)52(43,7)37-38-54/h10-11,13-14,16-17,19-20,22-23,25-26,29,41-42,44-46,48,57H,9,12,15,18,21,24,27-28,30-40H2,1-8H3,(H,55,58)(H,56,59). The van der Waals surface area contributed by atoms with Gasteiger partial charge >= 0.3 is 0 Å². The zero-order chi connectivity index (χ0) is 42.7. The van der Waals surface area contributed by atoms with Crippen molar-refractivity contribution in [3.63, 3.8) is 0 Å². The lowest BCUT2D eigenvalue weighted by atomic mass is 9.33. The molecule has 10 atom stereocenters. The largest absolute Gasteiger partial charge is 0.393 e. The van der Waals surface area contributed by atoms with E-state index in [1.807, 2.05) is 0 Å². The van der Waals surface area contributed by atoms with Gasteiger partial charge in [0.05, 0.1) is 11.5 Å². The lowest BCUT2D eigenvalue weighted by molar-refractivity contribution is -0.204. The van der Waals surface area contributed by atoms with E-state index in [-0.39, 0.29) is 50.9 Å². The second-order valence-corrected chi connectivity index (χ2v) is 20.7. The normalized spacial score (nSPS) is 36.9. The van der Waals surface area contributed by atoms with Crippen molar-refractivity contribution >= 4 is 11.8 Å². The van der Waals surface area contributed by atoms with E-state index >= 15 is 0 Å². The van der Waals surface area contributed by atoms with Crippen LogP contribution >= 0.6 is 0 Å². The Morgan fingerprint density at radius 3 is 1.88 bits per heavy atom. The van der Waals surface area contributed by atoms with Crippen LogP contribution in [0.15, 0.2) is 84.6 Å². The van der Waals surface area contributed by atoms with Crippen LogP contribution in [0.4, 0.5) is 0 Å². The quantitative estimate of drug-likeness (QED) is 0.0953. The van der Waals surface area contributed by atoms with E-state index in [2.05, 4.69) is 145 Å². The molecule has 0 spiro atoms. The molecule has 5 aliphatic carbocycles. The molecule has 5 heteroatoms. The minimum Gasteiger partial charge on any atom is -0.393 e. The van der Waals surface area contributed by atoms with Crippen LogP contribution in [-0.2, 0) is 9.59 Å². The molecule has 0 aliphatic heterocycles. The number of aliphatic hydroxyl groups excluding tert-OH is 1. The SMILES string of the molecule is CCC=CCC=CCC=CCC=CCC=CCC=CCCC(=O)NCCNC(=O)C12CCC(C)C(C)C1C1=CCC3C4(C)CCC(O)C(C)(C)C4CCC3(C)C1(C)CC2. The lowest BCUT2D eigenvalue weighted by Crippen LogP contribution is -2.66. The molecular weight excluding hydrogens is 725 g/mol. The van der Waals surface area contributed by atoms with Gasteiger partial charge in [0, 0.05) is 19.5 Å². The summed E-state index contributed by atoms with van der Waals surface area (Å²) in [6.07, 6.45) is 45.4. The number of rotatable bonds is 18. The fraction of sp³-hybridized carbons (Fsp3) is 0.704. The maximum atomic E-state index is 14.5. The van der Waals surface area contributed by atoms with E-state index in [4.69, 9.17) is 0 Å². The Labute approximate surface area is 360 Å². The fourth-order valence-corrected chi connectivity index (χ4v) is 13.4. The second-order valence-electron chi connectivity index (χ2n) is 20.7. The number of hydrogen-bond acceptors (Lipinski definition) is 3. The molecule has 0 aromatic heterocycles. The molecule has 0 saturated heterocycles. The van der Waals surface area contributed by atoms with Crippen molar-refractivity contribution in [2.45, 2.75) is 171 Å². The number of allylic oxidation sites excluding steroid dienone is 14. The molecule has 4 saturated carbocycles. The third kappa shape index (κ3) is 10.1. The Morgan fingerprint density at radius 2 is 1.27 bits per heavy atom. The van der Waals surface area contributed by atoms with E-state index in [1.165, 1.54) is 12.8 Å². The van der Waals surface area contributed by atoms with Gasteiger partial charge in [-0.2, -0.15) is 0 Å². The Bertz CT molecular complexity index is 1630. The van der Waals surface area contributed by atoms with Crippen LogP contribution in [0.25, 0.3) is 0 Å². The van der Waals surface area contributed by atoms with E-state index in [0.717, 1.165) is 89.9 Å². The molecule has 328 valence electrons. The third-order valence-corrected chi connectivity index (χ3v) is 17.3. The first-order valence-corrected chi connectivity index (χ1v) is 24.0. The number of amides is 2. The van der Waals surface area contributed by atoms with Crippen molar-refractivity contribution in [3.05, 3.63) is 84.6 Å². The average molecular weight is 809 g/mol. The van der Waals surface area contributed by atoms with E-state index in [1.54, 1.807) is 5.57 Å². The summed E-state index contributed by atoms with van der Waals surface area (Å²) in [6, 6.07) is 0. The molecule has 10 unspecified atom stereocenters. The Kier molecular flexibility index (Phi) is 16.6. The predicted molar refractivity (Wildman–Crippen MR) is 248 cm³/mol. The van der Waals surface area contributed by atoms with Crippen molar-refractivity contribution in [2.24, 2.45) is 56.7 Å². The van der Waals surface area contributed by atoms with Crippen LogP contribution in [0.2, 0.25) is 0 Å². The first kappa shape index (κ1) is 47.1. The van der Waals surface area contributed by atoms with Gasteiger partial charge in [0.1, 0.15) is 0 Å². The van der Waals surface area contributed by atoms with Gasteiger partial charge in [0.2, 0.25) is 11.8 Å². The summed E-state index contributed by atoms with van der Waals surface area (Å²) in [5.41, 5.74) is 1.63. The Balaban J connectivity index is 1.06. The summed E-state index contributed by atoms with van der Waals surface area (Å²) in [7, 11) is 0. The van der Waals surface area contributed by atoms with E-state index in [0.29, 0.717) is 43.2 Å². The monoisotopic (exact) mass is 809 g/mol. The highest BCUT2D eigenvalue weighted by atomic mass is 16.3. The molecule has 3 N–H and O–H groups in total. The molecule has 59 heavy (non-hydrogen) atoms. The Hall–Kier alpha value is -2.92. The molecule has 0 aromatic rings. The van der Waals surface area contributed by atoms with Gasteiger partial charge < -0.3 is 15.7 Å². The number of hydrogen-bond donors (Lipinski definition) is 3. The van der Waals surface area contributed by atoms with Crippen molar-refractivity contribution in [1.29, 1.82) is 0 Å². The number of carbonyl (C=O) groups excluding carboxylic acids is 2. The molecule has 0 aromatic carbocycles. The highest BCUT2D eigenvalue weighted by Crippen LogP contribution is 2.75. The highest BCUT2D eigenvalue weighted by molar-refractivity contribution is 5.84. The second kappa shape index (κ2) is 20.8. The predicted octanol–water partition coefficient (Wildman–Crippen LogP) is 12.7. The summed E-state index contributed by atoms with van der Waals surface area (Å²) in [6.45, 7) is 20.4. The van der Waals surface area contributed by atoms with Crippen LogP contribution in [0.5, 0.6) is 0 Å². The van der Waals surface area contributed by atoms with Crippen LogP contribution in [0.3, 0.4) is 0 Å². The van der Waals surface area contributed by atoms with Gasteiger partial charge in [0.25, 0.3) is 0 Å². The van der Waals surface area contributed by atoms with Crippen LogP contribution in [0, 0.1) is 56.7 Å². The van der Waals surface area contributed by atoms with Gasteiger partial charge in [-0.15, -0.1) is 0 Å². The van der Waals surface area contributed by atoms with Gasteiger partial charge in [0.15, 0.2) is 0 Å². The molecule has 5 rings (SSSR count). The molecular formula is C54H84N2O3. The molecule has 0 heterocycles. The number of aliphatic hydroxyl groups is 1. The number of fused-ring (bicyclic) bond motifs is 7. The summed E-state index contributed by atoms with van der Waals surface area (Å²) in [5.74, 6) is 2.67. The van der Waals surface area contributed by atoms with Gasteiger partial charge in [-0.25, -0.2) is 0 Å². The van der Waals surface area contributed by atoms with Crippen molar-refractivity contribution in [3.8, 4) is 0 Å². The maximum absolute atomic E-state index is 14.5. The van der Waals surface area contributed by atoms with Crippen molar-refractivity contribution in [1.82, 2.24) is 10.6 Å². The maximum Gasteiger partial charge on any atom is 0.226 e. The smallest absolute Gasteiger partial charge is 0.226 e. The molecule has 4 fully saturated rings. The summed E-state index contributed by atoms with van der Waals surface area (Å²) in [5, 5.41) is 17.5. The summed E-state index contributed by atoms with van der Waals surface area (Å²) >= 11 is 0. The summed E-state index contributed by atoms with van der Waals surface area (Å²) < 4.78 is 0. The zero-order valence-electron chi connectivity index (χ0n) is 38.7. The molecule has 5 aliphatic rings. The lowest BCUT2D eigenvalue weighted by Gasteiger charge is -2.71. The minimum absolute atomic E-state index is 0.0396. The van der Waals surface area contributed by atoms with E-state index < -0.39 is 0 Å². The van der Waals surface area contributed by atoms with Crippen LogP contribution in [-0.4, -0.2) is 36.1 Å². The van der Waals surface area contributed by atoms with Crippen LogP contribution < -0.4 is 10.6 Å². The third-order valence-electron chi connectivity index (χ3n) is 17.3. The van der Waals surface area contributed by atoms with Gasteiger partial charge in [-0.05, 0) is 154 Å². The highest BCUT2D eigenvalue weighted by Gasteiger charge is 2.69. The first-order chi connectivity index (χ1) is 28.2. The zero-order valence-corrected chi connectivity index (χ0v) is 38.7. The van der Waals surface area contributed by atoms with Crippen LogP contribution in [0.1, 0.15) is 165 Å². The van der Waals surface area contributed by atoms with Gasteiger partial charge in [-0.1, -0.05) is 140 Å². The molecule has 0 radical (unpaired) electrons.